The van der Waals surface area contributed by atoms with Gasteiger partial charge in [0.05, 0.1) is 4.90 Å². The van der Waals surface area contributed by atoms with E-state index in [2.05, 4.69) is 0 Å². The molecule has 0 amide bonds. The molecule has 2 rings (SSSR count). The predicted molar refractivity (Wildman–Crippen MR) is 69.9 cm³/mol. The molecule has 2 unspecified atom stereocenters. The third-order valence-corrected chi connectivity index (χ3v) is 3.99. The number of ether oxygens (including phenoxy) is 1. The Morgan fingerprint density at radius 3 is 2.74 bits per heavy atom. The molecule has 1 heterocycles. The number of carbonyl (C=O) groups excluding carboxylic acids is 1. The van der Waals surface area contributed by atoms with Gasteiger partial charge in [-0.1, -0.05) is 26.5 Å². The van der Waals surface area contributed by atoms with Crippen molar-refractivity contribution in [1.82, 2.24) is 0 Å². The second kappa shape index (κ2) is 5.71. The first-order valence-electron chi connectivity index (χ1n) is 5.58. The highest BCUT2D eigenvalue weighted by Crippen LogP contribution is 2.26. The Balaban J connectivity index is 0.00000180. The molecule has 0 saturated heterocycles. The Morgan fingerprint density at radius 2 is 2.11 bits per heavy atom. The van der Waals surface area contributed by atoms with E-state index in [1.165, 1.54) is 13.0 Å². The highest BCUT2D eigenvalue weighted by molar-refractivity contribution is 7.86. The van der Waals surface area contributed by atoms with Gasteiger partial charge in [0, 0.05) is 12.8 Å². The van der Waals surface area contributed by atoms with Crippen LogP contribution in [0, 0.1) is 5.92 Å². The number of fused-ring (bicyclic) bond motifs is 2. The van der Waals surface area contributed by atoms with Crippen LogP contribution in [-0.4, -0.2) is 20.7 Å². The normalized spacial score (nSPS) is 24.5. The van der Waals surface area contributed by atoms with Crippen LogP contribution in [0.2, 0.25) is 0 Å². The summed E-state index contributed by atoms with van der Waals surface area (Å²) >= 11 is 0. The fourth-order valence-corrected chi connectivity index (χ4v) is 3.00. The van der Waals surface area contributed by atoms with Gasteiger partial charge in [0.1, 0.15) is 0 Å². The number of esters is 1. The molecule has 2 atom stereocenters. The quantitative estimate of drug-likeness (QED) is 0.584. The second-order valence-electron chi connectivity index (χ2n) is 4.36. The minimum atomic E-state index is -3.89. The first-order valence-corrected chi connectivity index (χ1v) is 6.99. The van der Waals surface area contributed by atoms with Crippen molar-refractivity contribution < 1.29 is 22.1 Å². The maximum Gasteiger partial charge on any atom is 0.304 e. The zero-order valence-corrected chi connectivity index (χ0v) is 10.9. The van der Waals surface area contributed by atoms with Gasteiger partial charge in [-0.3, -0.25) is 4.79 Å². The standard InChI is InChI=1S/C12H14O5S.CH4/c1-8-6-10-4-3-5-11(7-10)18(14,15)17-12(8)16-9(2)13;/h3-5,7-8,12H,6H2,1-2H3;1H4. The molecule has 0 N–H and O–H groups in total. The van der Waals surface area contributed by atoms with E-state index < -0.39 is 22.4 Å². The number of benzene rings is 1. The molecular weight excluding hydrogens is 268 g/mol. The molecule has 1 aliphatic rings. The third-order valence-electron chi connectivity index (χ3n) is 2.71. The lowest BCUT2D eigenvalue weighted by Crippen LogP contribution is -2.32. The van der Waals surface area contributed by atoms with E-state index in [0.29, 0.717) is 6.42 Å². The molecule has 19 heavy (non-hydrogen) atoms. The van der Waals surface area contributed by atoms with Gasteiger partial charge in [-0.2, -0.15) is 8.42 Å². The Labute approximate surface area is 113 Å². The van der Waals surface area contributed by atoms with E-state index in [1.54, 1.807) is 19.1 Å². The molecule has 0 aliphatic carbocycles. The van der Waals surface area contributed by atoms with Crippen molar-refractivity contribution in [2.45, 2.75) is 38.9 Å². The van der Waals surface area contributed by atoms with Crippen LogP contribution in [0.3, 0.4) is 0 Å². The van der Waals surface area contributed by atoms with Crippen LogP contribution < -0.4 is 0 Å². The summed E-state index contributed by atoms with van der Waals surface area (Å²) in [5.74, 6) is -0.800. The van der Waals surface area contributed by atoms with E-state index in [1.807, 2.05) is 6.07 Å². The molecule has 1 aromatic rings. The van der Waals surface area contributed by atoms with E-state index in [9.17, 15) is 13.2 Å². The van der Waals surface area contributed by atoms with Crippen molar-refractivity contribution >= 4 is 16.1 Å². The smallest absolute Gasteiger partial charge is 0.304 e. The summed E-state index contributed by atoms with van der Waals surface area (Å²) in [4.78, 5) is 11.1. The number of hydrogen-bond donors (Lipinski definition) is 0. The van der Waals surface area contributed by atoms with E-state index in [-0.39, 0.29) is 18.2 Å². The van der Waals surface area contributed by atoms with Gasteiger partial charge < -0.3 is 4.74 Å². The van der Waals surface area contributed by atoms with Crippen molar-refractivity contribution in [1.29, 1.82) is 0 Å². The summed E-state index contributed by atoms with van der Waals surface area (Å²) in [7, 11) is -3.89. The van der Waals surface area contributed by atoms with Crippen molar-refractivity contribution in [3.05, 3.63) is 29.8 Å². The molecule has 2 bridgehead atoms. The van der Waals surface area contributed by atoms with Crippen LogP contribution in [0.5, 0.6) is 0 Å². The summed E-state index contributed by atoms with van der Waals surface area (Å²) in [5, 5.41) is 0. The van der Waals surface area contributed by atoms with Crippen LogP contribution in [0.25, 0.3) is 0 Å². The van der Waals surface area contributed by atoms with Gasteiger partial charge in [-0.05, 0) is 24.1 Å². The minimum absolute atomic E-state index is 0. The van der Waals surface area contributed by atoms with Gasteiger partial charge in [0.2, 0.25) is 6.29 Å². The van der Waals surface area contributed by atoms with Crippen LogP contribution in [0.1, 0.15) is 26.8 Å². The van der Waals surface area contributed by atoms with Crippen LogP contribution >= 0.6 is 0 Å². The molecule has 0 saturated carbocycles. The van der Waals surface area contributed by atoms with E-state index in [0.717, 1.165) is 5.56 Å². The summed E-state index contributed by atoms with van der Waals surface area (Å²) in [6.45, 7) is 3.00. The first-order chi connectivity index (χ1) is 8.38. The van der Waals surface area contributed by atoms with Crippen molar-refractivity contribution in [3.8, 4) is 0 Å². The molecule has 0 aromatic heterocycles. The number of hydrogen-bond acceptors (Lipinski definition) is 5. The molecular formula is C13H18O5S. The van der Waals surface area contributed by atoms with E-state index >= 15 is 0 Å². The topological polar surface area (TPSA) is 69.7 Å². The molecule has 1 aliphatic heterocycles. The van der Waals surface area contributed by atoms with Crippen LogP contribution in [0.4, 0.5) is 0 Å². The lowest BCUT2D eigenvalue weighted by Gasteiger charge is -2.25. The van der Waals surface area contributed by atoms with Crippen molar-refractivity contribution in [3.63, 3.8) is 0 Å². The summed E-state index contributed by atoms with van der Waals surface area (Å²) < 4.78 is 33.8. The Kier molecular flexibility index (Phi) is 4.70. The van der Waals surface area contributed by atoms with Gasteiger partial charge in [0.15, 0.2) is 0 Å². The fraction of sp³-hybridized carbons (Fsp3) is 0.462. The lowest BCUT2D eigenvalue weighted by molar-refractivity contribution is -0.167. The zero-order valence-electron chi connectivity index (χ0n) is 10.1. The lowest BCUT2D eigenvalue weighted by atomic mass is 10.0. The van der Waals surface area contributed by atoms with Gasteiger partial charge in [0.25, 0.3) is 10.1 Å². The van der Waals surface area contributed by atoms with Crippen LogP contribution in [-0.2, 0) is 30.3 Å². The van der Waals surface area contributed by atoms with Gasteiger partial charge in [-0.15, -0.1) is 0 Å². The maximum absolute atomic E-state index is 11.9. The summed E-state index contributed by atoms with van der Waals surface area (Å²) in [5.41, 5.74) is 0.879. The molecule has 1 aromatic carbocycles. The predicted octanol–water partition coefficient (Wildman–Crippen LogP) is 2.11. The Morgan fingerprint density at radius 1 is 1.42 bits per heavy atom. The maximum atomic E-state index is 11.9. The highest BCUT2D eigenvalue weighted by Gasteiger charge is 2.31. The van der Waals surface area contributed by atoms with Crippen molar-refractivity contribution in [2.75, 3.05) is 0 Å². The SMILES string of the molecule is C.CC(=O)OC1OS(=O)(=O)c2cccc(c2)CC1C. The molecule has 106 valence electrons. The molecule has 6 heteroatoms. The average molecular weight is 286 g/mol. The first kappa shape index (κ1) is 15.7. The molecule has 0 spiro atoms. The van der Waals surface area contributed by atoms with Gasteiger partial charge in [-0.25, -0.2) is 4.18 Å². The van der Waals surface area contributed by atoms with Crippen molar-refractivity contribution in [2.24, 2.45) is 5.92 Å². The highest BCUT2D eigenvalue weighted by atomic mass is 32.2. The molecule has 5 nitrogen and oxygen atoms in total. The largest absolute Gasteiger partial charge is 0.434 e. The number of rotatable bonds is 1. The summed E-state index contributed by atoms with van der Waals surface area (Å²) in [6, 6.07) is 6.55. The molecule has 0 fully saturated rings. The fourth-order valence-electron chi connectivity index (χ4n) is 1.87. The van der Waals surface area contributed by atoms with Crippen LogP contribution in [0.15, 0.2) is 29.2 Å². The monoisotopic (exact) mass is 286 g/mol. The average Bonchev–Trinajstić information content (AvgIpc) is 2.26. The van der Waals surface area contributed by atoms with Gasteiger partial charge >= 0.3 is 5.97 Å². The minimum Gasteiger partial charge on any atom is -0.434 e. The summed E-state index contributed by atoms with van der Waals surface area (Å²) in [6.07, 6.45) is -0.493. The Hall–Kier alpha value is -1.40. The number of carbonyl (C=O) groups is 1. The zero-order chi connectivity index (χ0) is 13.3. The molecule has 0 radical (unpaired) electrons. The Bertz CT molecular complexity index is 564. The third kappa shape index (κ3) is 3.54. The second-order valence-corrected chi connectivity index (χ2v) is 5.93. The van der Waals surface area contributed by atoms with E-state index in [4.69, 9.17) is 8.92 Å².